The Kier molecular flexibility index (Phi) is 3.78. The Balaban J connectivity index is 2.88. The van der Waals surface area contributed by atoms with Crippen molar-refractivity contribution in [3.8, 4) is 5.75 Å². The number of nitro benzene ring substituents is 1. The number of hydrazine groups is 1. The van der Waals surface area contributed by atoms with Crippen LogP contribution < -0.4 is 16.0 Å². The van der Waals surface area contributed by atoms with Gasteiger partial charge >= 0.3 is 5.69 Å². The van der Waals surface area contributed by atoms with Crippen LogP contribution in [-0.2, 0) is 4.79 Å². The van der Waals surface area contributed by atoms with Gasteiger partial charge in [0.1, 0.15) is 0 Å². The number of rotatable bonds is 4. The molecule has 1 rings (SSSR count). The Morgan fingerprint density at radius 3 is 2.75 bits per heavy atom. The normalized spacial score (nSPS) is 11.6. The van der Waals surface area contributed by atoms with Gasteiger partial charge in [-0.25, -0.2) is 5.84 Å². The zero-order valence-corrected chi connectivity index (χ0v) is 8.54. The zero-order valence-electron chi connectivity index (χ0n) is 8.54. The summed E-state index contributed by atoms with van der Waals surface area (Å²) in [6.45, 7) is 1.44. The highest BCUT2D eigenvalue weighted by atomic mass is 16.6. The molecule has 0 saturated heterocycles. The quantitative estimate of drug-likeness (QED) is 0.333. The van der Waals surface area contributed by atoms with Crippen molar-refractivity contribution in [2.24, 2.45) is 5.84 Å². The van der Waals surface area contributed by atoms with Crippen LogP contribution in [-0.4, -0.2) is 16.9 Å². The number of hydrogen-bond donors (Lipinski definition) is 2. The van der Waals surface area contributed by atoms with Crippen molar-refractivity contribution in [1.29, 1.82) is 0 Å². The predicted octanol–water partition coefficient (Wildman–Crippen LogP) is 0.352. The van der Waals surface area contributed by atoms with E-state index in [2.05, 4.69) is 0 Å². The second kappa shape index (κ2) is 5.08. The maximum absolute atomic E-state index is 11.1. The Morgan fingerprint density at radius 2 is 2.19 bits per heavy atom. The number of nitro groups is 1. The van der Waals surface area contributed by atoms with Crippen molar-refractivity contribution in [3.63, 3.8) is 0 Å². The Hall–Kier alpha value is -2.15. The lowest BCUT2D eigenvalue weighted by Crippen LogP contribution is -2.40. The summed E-state index contributed by atoms with van der Waals surface area (Å²) >= 11 is 0. The zero-order chi connectivity index (χ0) is 12.1. The third-order valence-electron chi connectivity index (χ3n) is 1.88. The molecule has 7 nitrogen and oxygen atoms in total. The van der Waals surface area contributed by atoms with Crippen molar-refractivity contribution < 1.29 is 14.5 Å². The number of nitrogens with two attached hydrogens (primary N) is 1. The molecule has 0 bridgehead atoms. The SMILES string of the molecule is C[C@@H](Oc1ccccc1[N+](=O)[O-])C(=O)NN. The summed E-state index contributed by atoms with van der Waals surface area (Å²) in [6, 6.07) is 5.80. The smallest absolute Gasteiger partial charge is 0.310 e. The molecule has 86 valence electrons. The summed E-state index contributed by atoms with van der Waals surface area (Å²) in [7, 11) is 0. The highest BCUT2D eigenvalue weighted by Crippen LogP contribution is 2.26. The minimum Gasteiger partial charge on any atom is -0.474 e. The summed E-state index contributed by atoms with van der Waals surface area (Å²) in [5, 5.41) is 10.6. The number of hydrogen-bond acceptors (Lipinski definition) is 5. The molecular weight excluding hydrogens is 214 g/mol. The summed E-state index contributed by atoms with van der Waals surface area (Å²) < 4.78 is 5.13. The summed E-state index contributed by atoms with van der Waals surface area (Å²) in [4.78, 5) is 21.1. The number of amides is 1. The summed E-state index contributed by atoms with van der Waals surface area (Å²) in [5.74, 6) is 4.38. The second-order valence-electron chi connectivity index (χ2n) is 2.99. The van der Waals surface area contributed by atoms with E-state index in [1.807, 2.05) is 5.43 Å². The lowest BCUT2D eigenvalue weighted by molar-refractivity contribution is -0.386. The maximum Gasteiger partial charge on any atom is 0.310 e. The summed E-state index contributed by atoms with van der Waals surface area (Å²) in [5.41, 5.74) is 1.70. The van der Waals surface area contributed by atoms with Crippen LogP contribution in [0.1, 0.15) is 6.92 Å². The van der Waals surface area contributed by atoms with Gasteiger partial charge in [0, 0.05) is 6.07 Å². The first-order chi connectivity index (χ1) is 7.56. The van der Waals surface area contributed by atoms with Gasteiger partial charge in [0.2, 0.25) is 0 Å². The fourth-order valence-electron chi connectivity index (χ4n) is 1.07. The van der Waals surface area contributed by atoms with Gasteiger partial charge in [0.15, 0.2) is 11.9 Å². The second-order valence-corrected chi connectivity index (χ2v) is 2.99. The van der Waals surface area contributed by atoms with Crippen LogP contribution >= 0.6 is 0 Å². The Bertz CT molecular complexity index is 407. The number of benzene rings is 1. The first-order valence-corrected chi connectivity index (χ1v) is 4.46. The number of nitrogens with zero attached hydrogens (tertiary/aromatic N) is 1. The largest absolute Gasteiger partial charge is 0.474 e. The molecule has 16 heavy (non-hydrogen) atoms. The van der Waals surface area contributed by atoms with Crippen molar-refractivity contribution in [3.05, 3.63) is 34.4 Å². The van der Waals surface area contributed by atoms with E-state index >= 15 is 0 Å². The van der Waals surface area contributed by atoms with E-state index in [1.54, 1.807) is 6.07 Å². The van der Waals surface area contributed by atoms with Gasteiger partial charge in [-0.05, 0) is 13.0 Å². The molecule has 1 aromatic carbocycles. The third-order valence-corrected chi connectivity index (χ3v) is 1.88. The fraction of sp³-hybridized carbons (Fsp3) is 0.222. The van der Waals surface area contributed by atoms with Gasteiger partial charge in [-0.15, -0.1) is 0 Å². The van der Waals surface area contributed by atoms with E-state index in [-0.39, 0.29) is 11.4 Å². The highest BCUT2D eigenvalue weighted by Gasteiger charge is 2.19. The standard InChI is InChI=1S/C9H11N3O4/c1-6(9(13)11-10)16-8-5-3-2-4-7(8)12(14)15/h2-6H,10H2,1H3,(H,11,13)/t6-/m1/s1. The molecule has 0 unspecified atom stereocenters. The van der Waals surface area contributed by atoms with E-state index < -0.39 is 16.9 Å². The number of ether oxygens (including phenoxy) is 1. The molecule has 1 aromatic rings. The Labute approximate surface area is 91.3 Å². The van der Waals surface area contributed by atoms with E-state index in [9.17, 15) is 14.9 Å². The lowest BCUT2D eigenvalue weighted by atomic mass is 10.3. The van der Waals surface area contributed by atoms with Gasteiger partial charge in [-0.2, -0.15) is 0 Å². The van der Waals surface area contributed by atoms with E-state index in [0.717, 1.165) is 0 Å². The first kappa shape index (κ1) is 11.9. The molecule has 0 aliphatic rings. The monoisotopic (exact) mass is 225 g/mol. The molecule has 1 amide bonds. The lowest BCUT2D eigenvalue weighted by Gasteiger charge is -2.12. The molecule has 1 atom stereocenters. The van der Waals surface area contributed by atoms with Crippen LogP contribution in [0.4, 0.5) is 5.69 Å². The Morgan fingerprint density at radius 1 is 1.56 bits per heavy atom. The molecule has 3 N–H and O–H groups in total. The molecule has 0 heterocycles. The maximum atomic E-state index is 11.1. The van der Waals surface area contributed by atoms with Crippen LogP contribution in [0.25, 0.3) is 0 Å². The molecule has 0 saturated carbocycles. The number of carbonyl (C=O) groups is 1. The molecule has 0 aromatic heterocycles. The van der Waals surface area contributed by atoms with Crippen molar-refractivity contribution >= 4 is 11.6 Å². The highest BCUT2D eigenvalue weighted by molar-refractivity contribution is 5.80. The predicted molar refractivity (Wildman–Crippen MR) is 55.5 cm³/mol. The molecule has 0 aliphatic heterocycles. The van der Waals surface area contributed by atoms with Gasteiger partial charge < -0.3 is 4.74 Å². The van der Waals surface area contributed by atoms with Crippen LogP contribution in [0.3, 0.4) is 0 Å². The van der Waals surface area contributed by atoms with Crippen LogP contribution in [0.2, 0.25) is 0 Å². The molecular formula is C9H11N3O4. The average molecular weight is 225 g/mol. The van der Waals surface area contributed by atoms with Crippen LogP contribution in [0.5, 0.6) is 5.75 Å². The average Bonchev–Trinajstić information content (AvgIpc) is 2.28. The molecule has 7 heteroatoms. The number of para-hydroxylation sites is 2. The fourth-order valence-corrected chi connectivity index (χ4v) is 1.07. The topological polar surface area (TPSA) is 107 Å². The number of carbonyl (C=O) groups excluding carboxylic acids is 1. The van der Waals surface area contributed by atoms with Gasteiger partial charge in [0.25, 0.3) is 5.91 Å². The van der Waals surface area contributed by atoms with E-state index in [4.69, 9.17) is 10.6 Å². The minimum atomic E-state index is -0.897. The van der Waals surface area contributed by atoms with E-state index in [0.29, 0.717) is 0 Å². The van der Waals surface area contributed by atoms with Gasteiger partial charge in [-0.1, -0.05) is 12.1 Å². The first-order valence-electron chi connectivity index (χ1n) is 4.46. The molecule has 0 fully saturated rings. The van der Waals surface area contributed by atoms with E-state index in [1.165, 1.54) is 25.1 Å². The van der Waals surface area contributed by atoms with Gasteiger partial charge in [0.05, 0.1) is 4.92 Å². The van der Waals surface area contributed by atoms with Crippen molar-refractivity contribution in [2.75, 3.05) is 0 Å². The van der Waals surface area contributed by atoms with Gasteiger partial charge in [-0.3, -0.25) is 20.3 Å². The molecule has 0 radical (unpaired) electrons. The third kappa shape index (κ3) is 2.67. The minimum absolute atomic E-state index is 0.0311. The van der Waals surface area contributed by atoms with Crippen molar-refractivity contribution in [2.45, 2.75) is 13.0 Å². The molecule has 0 spiro atoms. The molecule has 0 aliphatic carbocycles. The van der Waals surface area contributed by atoms with Crippen LogP contribution in [0, 0.1) is 10.1 Å². The number of nitrogens with one attached hydrogen (secondary N) is 1. The summed E-state index contributed by atoms with van der Waals surface area (Å²) in [6.07, 6.45) is -0.897. The van der Waals surface area contributed by atoms with Crippen LogP contribution in [0.15, 0.2) is 24.3 Å². The van der Waals surface area contributed by atoms with Crippen molar-refractivity contribution in [1.82, 2.24) is 5.43 Å².